The molecule has 0 atom stereocenters. The van der Waals surface area contributed by atoms with Gasteiger partial charge in [-0.05, 0) is 31.9 Å². The van der Waals surface area contributed by atoms with Gasteiger partial charge in [-0.2, -0.15) is 5.10 Å². The van der Waals surface area contributed by atoms with E-state index >= 15 is 0 Å². The van der Waals surface area contributed by atoms with Crippen molar-refractivity contribution in [2.45, 2.75) is 33.6 Å². The smallest absolute Gasteiger partial charge is 0.267 e. The molecule has 0 saturated heterocycles. The van der Waals surface area contributed by atoms with Gasteiger partial charge in [0.25, 0.3) is 11.6 Å². The zero-order valence-corrected chi connectivity index (χ0v) is 12.3. The fourth-order valence-electron chi connectivity index (χ4n) is 2.36. The number of nitro groups is 1. The molecule has 0 fully saturated rings. The summed E-state index contributed by atoms with van der Waals surface area (Å²) in [5.41, 5.74) is 2.85. The number of carbonyl (C=O) groups excluding carboxylic acids is 1. The number of nitro benzene ring substituents is 1. The first-order valence-corrected chi connectivity index (χ1v) is 6.80. The van der Waals surface area contributed by atoms with Gasteiger partial charge in [-0.25, -0.2) is 4.68 Å². The van der Waals surface area contributed by atoms with Crippen LogP contribution < -0.4 is 0 Å². The van der Waals surface area contributed by atoms with Gasteiger partial charge < -0.3 is 0 Å². The number of benzene rings is 1. The van der Waals surface area contributed by atoms with Crippen LogP contribution in [0.25, 0.3) is 0 Å². The van der Waals surface area contributed by atoms with Crippen molar-refractivity contribution in [3.8, 4) is 0 Å². The van der Waals surface area contributed by atoms with Crippen LogP contribution in [0.2, 0.25) is 0 Å². The van der Waals surface area contributed by atoms with Crippen LogP contribution in [0.1, 0.15) is 40.7 Å². The Bertz CT molecular complexity index is 704. The van der Waals surface area contributed by atoms with E-state index in [0.29, 0.717) is 0 Å². The third-order valence-electron chi connectivity index (χ3n) is 3.44. The normalized spacial score (nSPS) is 10.6. The largest absolute Gasteiger partial charge is 0.278 e. The Hall–Kier alpha value is -2.50. The number of carbonyl (C=O) groups is 1. The van der Waals surface area contributed by atoms with Gasteiger partial charge in [0.2, 0.25) is 0 Å². The van der Waals surface area contributed by atoms with E-state index in [4.69, 9.17) is 0 Å². The highest BCUT2D eigenvalue weighted by Gasteiger charge is 2.19. The quantitative estimate of drug-likeness (QED) is 0.639. The van der Waals surface area contributed by atoms with Crippen molar-refractivity contribution in [2.24, 2.45) is 0 Å². The molecule has 0 N–H and O–H groups in total. The summed E-state index contributed by atoms with van der Waals surface area (Å²) in [4.78, 5) is 22.8. The second-order valence-electron chi connectivity index (χ2n) is 4.92. The average Bonchev–Trinajstić information content (AvgIpc) is 2.75. The number of aromatic nitrogens is 2. The van der Waals surface area contributed by atoms with Gasteiger partial charge >= 0.3 is 0 Å². The number of hydrogen-bond donors (Lipinski definition) is 0. The zero-order chi connectivity index (χ0) is 15.6. The van der Waals surface area contributed by atoms with E-state index in [-0.39, 0.29) is 17.2 Å². The van der Waals surface area contributed by atoms with Gasteiger partial charge in [-0.3, -0.25) is 14.9 Å². The Kier molecular flexibility index (Phi) is 4.16. The minimum absolute atomic E-state index is 0.101. The van der Waals surface area contributed by atoms with Crippen LogP contribution in [-0.2, 0) is 6.42 Å². The summed E-state index contributed by atoms with van der Waals surface area (Å²) >= 11 is 0. The molecule has 2 aromatic rings. The monoisotopic (exact) mass is 287 g/mol. The van der Waals surface area contributed by atoms with Gasteiger partial charge in [0.1, 0.15) is 0 Å². The lowest BCUT2D eigenvalue weighted by Gasteiger charge is -2.04. The van der Waals surface area contributed by atoms with Crippen molar-refractivity contribution < 1.29 is 9.72 Å². The van der Waals surface area contributed by atoms with E-state index in [9.17, 15) is 14.9 Å². The number of rotatable bonds is 4. The molecule has 0 bridgehead atoms. The molecule has 1 aromatic heterocycles. The zero-order valence-electron chi connectivity index (χ0n) is 12.3. The highest BCUT2D eigenvalue weighted by atomic mass is 16.6. The molecule has 0 aliphatic carbocycles. The van der Waals surface area contributed by atoms with Crippen molar-refractivity contribution >= 4 is 11.6 Å². The molecule has 110 valence electrons. The van der Waals surface area contributed by atoms with E-state index in [1.807, 2.05) is 13.8 Å². The van der Waals surface area contributed by atoms with E-state index < -0.39 is 4.92 Å². The second-order valence-corrected chi connectivity index (χ2v) is 4.92. The standard InChI is InChI=1S/C15H17N3O3/c1-4-6-14-10(2)16-17(11(14)3)15(19)12-7-5-8-13(9-12)18(20)21/h5,7-9H,4,6H2,1-3H3. The maximum absolute atomic E-state index is 12.5. The number of nitrogens with zero attached hydrogens (tertiary/aromatic N) is 3. The fraction of sp³-hybridized carbons (Fsp3) is 0.333. The lowest BCUT2D eigenvalue weighted by Crippen LogP contribution is -2.15. The Balaban J connectivity index is 2.43. The molecule has 6 nitrogen and oxygen atoms in total. The molecule has 0 radical (unpaired) electrons. The van der Waals surface area contributed by atoms with Crippen molar-refractivity contribution in [3.05, 3.63) is 56.9 Å². The summed E-state index contributed by atoms with van der Waals surface area (Å²) in [6.07, 6.45) is 1.83. The second kappa shape index (κ2) is 5.87. The van der Waals surface area contributed by atoms with Crippen molar-refractivity contribution in [3.63, 3.8) is 0 Å². The molecular weight excluding hydrogens is 270 g/mol. The van der Waals surface area contributed by atoms with Gasteiger partial charge in [0.05, 0.1) is 10.6 Å². The molecule has 0 aliphatic heterocycles. The number of hydrogen-bond acceptors (Lipinski definition) is 4. The maximum atomic E-state index is 12.5. The molecule has 6 heteroatoms. The summed E-state index contributed by atoms with van der Waals surface area (Å²) in [7, 11) is 0. The van der Waals surface area contributed by atoms with Crippen LogP contribution in [-0.4, -0.2) is 20.6 Å². The highest BCUT2D eigenvalue weighted by molar-refractivity contribution is 5.96. The number of aryl methyl sites for hydroxylation is 1. The van der Waals surface area contributed by atoms with E-state index in [0.717, 1.165) is 29.8 Å². The Morgan fingerprint density at radius 2 is 2.10 bits per heavy atom. The molecule has 0 aliphatic rings. The molecule has 0 unspecified atom stereocenters. The molecular formula is C15H17N3O3. The van der Waals surface area contributed by atoms with Gasteiger partial charge in [-0.15, -0.1) is 0 Å². The van der Waals surface area contributed by atoms with Crippen molar-refractivity contribution in [1.82, 2.24) is 9.78 Å². The molecule has 0 amide bonds. The first-order chi connectivity index (χ1) is 9.95. The van der Waals surface area contributed by atoms with Crippen molar-refractivity contribution in [1.29, 1.82) is 0 Å². The minimum atomic E-state index is -0.513. The van der Waals surface area contributed by atoms with Gasteiger partial charge in [0.15, 0.2) is 0 Å². The summed E-state index contributed by atoms with van der Waals surface area (Å²) in [6, 6.07) is 5.70. The van der Waals surface area contributed by atoms with Gasteiger partial charge in [0, 0.05) is 23.4 Å². The first-order valence-electron chi connectivity index (χ1n) is 6.80. The maximum Gasteiger partial charge on any atom is 0.278 e. The van der Waals surface area contributed by atoms with Crippen LogP contribution in [0.3, 0.4) is 0 Å². The van der Waals surface area contributed by atoms with Crippen LogP contribution in [0, 0.1) is 24.0 Å². The highest BCUT2D eigenvalue weighted by Crippen LogP contribution is 2.18. The molecule has 1 aromatic carbocycles. The minimum Gasteiger partial charge on any atom is -0.267 e. The summed E-state index contributed by atoms with van der Waals surface area (Å²) in [5.74, 6) is -0.346. The first kappa shape index (κ1) is 14.9. The summed E-state index contributed by atoms with van der Waals surface area (Å²) in [5, 5.41) is 15.1. The number of non-ortho nitro benzene ring substituents is 1. The van der Waals surface area contributed by atoms with E-state index in [1.165, 1.54) is 22.9 Å². The molecule has 2 rings (SSSR count). The Morgan fingerprint density at radius 1 is 1.38 bits per heavy atom. The molecule has 0 spiro atoms. The Morgan fingerprint density at radius 3 is 2.71 bits per heavy atom. The van der Waals surface area contributed by atoms with E-state index in [2.05, 4.69) is 12.0 Å². The Labute approximate surface area is 122 Å². The fourth-order valence-corrected chi connectivity index (χ4v) is 2.36. The third-order valence-corrected chi connectivity index (χ3v) is 3.44. The predicted octanol–water partition coefficient (Wildman–Crippen LogP) is 3.05. The topological polar surface area (TPSA) is 78.0 Å². The van der Waals surface area contributed by atoms with Crippen LogP contribution in [0.5, 0.6) is 0 Å². The van der Waals surface area contributed by atoms with Crippen LogP contribution in [0.15, 0.2) is 24.3 Å². The lowest BCUT2D eigenvalue weighted by atomic mass is 10.1. The van der Waals surface area contributed by atoms with Crippen LogP contribution in [0.4, 0.5) is 5.69 Å². The summed E-state index contributed by atoms with van der Waals surface area (Å²) < 4.78 is 1.33. The molecule has 0 saturated carbocycles. The van der Waals surface area contributed by atoms with Crippen LogP contribution >= 0.6 is 0 Å². The molecule has 1 heterocycles. The average molecular weight is 287 g/mol. The predicted molar refractivity (Wildman–Crippen MR) is 78.5 cm³/mol. The summed E-state index contributed by atoms with van der Waals surface area (Å²) in [6.45, 7) is 5.79. The third kappa shape index (κ3) is 2.84. The van der Waals surface area contributed by atoms with E-state index in [1.54, 1.807) is 6.07 Å². The SMILES string of the molecule is CCCc1c(C)nn(C(=O)c2cccc([N+](=O)[O-])c2)c1C. The lowest BCUT2D eigenvalue weighted by molar-refractivity contribution is -0.384. The van der Waals surface area contributed by atoms with Crippen molar-refractivity contribution in [2.75, 3.05) is 0 Å². The molecule has 21 heavy (non-hydrogen) atoms. The van der Waals surface area contributed by atoms with Gasteiger partial charge in [-0.1, -0.05) is 19.4 Å².